The normalized spacial score (nSPS) is 16.5. The summed E-state index contributed by atoms with van der Waals surface area (Å²) in [7, 11) is -3.39. The summed E-state index contributed by atoms with van der Waals surface area (Å²) in [4.78, 5) is 14.1. The summed E-state index contributed by atoms with van der Waals surface area (Å²) in [6.07, 6.45) is 3.45. The van der Waals surface area contributed by atoms with Crippen LogP contribution in [0.1, 0.15) is 26.2 Å². The second-order valence-corrected chi connectivity index (χ2v) is 7.89. The minimum atomic E-state index is -3.39. The molecule has 1 saturated heterocycles. The van der Waals surface area contributed by atoms with E-state index in [1.807, 2.05) is 11.0 Å². The van der Waals surface area contributed by atoms with E-state index in [0.29, 0.717) is 11.6 Å². The smallest absolute Gasteiger partial charge is 0.232 e. The lowest BCUT2D eigenvalue weighted by molar-refractivity contribution is -0.132. The van der Waals surface area contributed by atoms with E-state index in [1.165, 1.54) is 10.6 Å². The molecule has 22 heavy (non-hydrogen) atoms. The van der Waals surface area contributed by atoms with E-state index in [2.05, 4.69) is 6.92 Å². The van der Waals surface area contributed by atoms with E-state index in [4.69, 9.17) is 0 Å². The standard InChI is InChI=1S/C16H24N2O3S/c1-14-8-11-17(12-9-14)16(19)10-13-18(22(2,20)21)15-6-4-3-5-7-15/h3-7,14H,8-13H2,1-2H3. The summed E-state index contributed by atoms with van der Waals surface area (Å²) in [5, 5.41) is 0. The van der Waals surface area contributed by atoms with Crippen LogP contribution >= 0.6 is 0 Å². The molecule has 0 spiro atoms. The number of hydrogen-bond donors (Lipinski definition) is 0. The third-order valence-corrected chi connectivity index (χ3v) is 5.30. The molecule has 0 bridgehead atoms. The van der Waals surface area contributed by atoms with Gasteiger partial charge in [0.1, 0.15) is 0 Å². The van der Waals surface area contributed by atoms with Crippen LogP contribution < -0.4 is 4.31 Å². The second-order valence-electron chi connectivity index (χ2n) is 5.98. The minimum Gasteiger partial charge on any atom is -0.343 e. The zero-order valence-electron chi connectivity index (χ0n) is 13.2. The fourth-order valence-electron chi connectivity index (χ4n) is 2.69. The average Bonchev–Trinajstić information content (AvgIpc) is 2.47. The third-order valence-electron chi connectivity index (χ3n) is 4.11. The lowest BCUT2D eigenvalue weighted by atomic mass is 9.99. The highest BCUT2D eigenvalue weighted by Crippen LogP contribution is 2.19. The van der Waals surface area contributed by atoms with Gasteiger partial charge in [-0.1, -0.05) is 25.1 Å². The number of carbonyl (C=O) groups is 1. The van der Waals surface area contributed by atoms with Crippen molar-refractivity contribution in [3.05, 3.63) is 30.3 Å². The summed E-state index contributed by atoms with van der Waals surface area (Å²) in [5.74, 6) is 0.706. The summed E-state index contributed by atoms with van der Waals surface area (Å²) in [5.41, 5.74) is 0.602. The molecule has 6 heteroatoms. The molecule has 0 aromatic heterocycles. The fourth-order valence-corrected chi connectivity index (χ4v) is 3.62. The Hall–Kier alpha value is -1.56. The van der Waals surface area contributed by atoms with Gasteiger partial charge in [-0.2, -0.15) is 0 Å². The number of hydrogen-bond acceptors (Lipinski definition) is 3. The quantitative estimate of drug-likeness (QED) is 0.833. The lowest BCUT2D eigenvalue weighted by Gasteiger charge is -2.31. The Morgan fingerprint density at radius 1 is 1.23 bits per heavy atom. The fraction of sp³-hybridized carbons (Fsp3) is 0.562. The molecule has 1 amide bonds. The highest BCUT2D eigenvalue weighted by molar-refractivity contribution is 7.92. The number of likely N-dealkylation sites (tertiary alicyclic amines) is 1. The topological polar surface area (TPSA) is 57.7 Å². The average molecular weight is 324 g/mol. The van der Waals surface area contributed by atoms with E-state index < -0.39 is 10.0 Å². The summed E-state index contributed by atoms with van der Waals surface area (Å²) >= 11 is 0. The highest BCUT2D eigenvalue weighted by atomic mass is 32.2. The first-order valence-electron chi connectivity index (χ1n) is 7.68. The Bertz CT molecular complexity index is 593. The zero-order valence-corrected chi connectivity index (χ0v) is 14.1. The van der Waals surface area contributed by atoms with E-state index in [1.54, 1.807) is 24.3 Å². The van der Waals surface area contributed by atoms with Crippen molar-refractivity contribution < 1.29 is 13.2 Å². The van der Waals surface area contributed by atoms with Crippen LogP contribution in [0.5, 0.6) is 0 Å². The number of sulfonamides is 1. The molecule has 122 valence electrons. The van der Waals surface area contributed by atoms with Gasteiger partial charge in [0.15, 0.2) is 0 Å². The van der Waals surface area contributed by atoms with Crippen molar-refractivity contribution in [1.29, 1.82) is 0 Å². The molecule has 1 heterocycles. The summed E-state index contributed by atoms with van der Waals surface area (Å²) in [6, 6.07) is 8.91. The van der Waals surface area contributed by atoms with Crippen molar-refractivity contribution in [2.24, 2.45) is 5.92 Å². The first-order valence-corrected chi connectivity index (χ1v) is 9.53. The van der Waals surface area contributed by atoms with Crippen LogP contribution in [0, 0.1) is 5.92 Å². The molecule has 0 unspecified atom stereocenters. The molecule has 1 aliphatic rings. The first kappa shape index (κ1) is 16.8. The van der Waals surface area contributed by atoms with Crippen molar-refractivity contribution in [2.75, 3.05) is 30.2 Å². The number of nitrogens with zero attached hydrogens (tertiary/aromatic N) is 2. The Labute approximate surface area is 133 Å². The Morgan fingerprint density at radius 2 is 1.82 bits per heavy atom. The number of benzene rings is 1. The molecule has 0 aliphatic carbocycles. The minimum absolute atomic E-state index is 0.0384. The van der Waals surface area contributed by atoms with Gasteiger partial charge in [0.25, 0.3) is 0 Å². The van der Waals surface area contributed by atoms with Crippen molar-refractivity contribution in [1.82, 2.24) is 4.90 Å². The molecule has 0 radical (unpaired) electrons. The van der Waals surface area contributed by atoms with Gasteiger partial charge in [0.05, 0.1) is 11.9 Å². The molecular formula is C16H24N2O3S. The van der Waals surface area contributed by atoms with Crippen LogP contribution in [0.25, 0.3) is 0 Å². The molecular weight excluding hydrogens is 300 g/mol. The van der Waals surface area contributed by atoms with Gasteiger partial charge in [-0.15, -0.1) is 0 Å². The maximum Gasteiger partial charge on any atom is 0.232 e. The molecule has 0 saturated carbocycles. The maximum absolute atomic E-state index is 12.3. The van der Waals surface area contributed by atoms with Gasteiger partial charge in [-0.3, -0.25) is 9.10 Å². The van der Waals surface area contributed by atoms with Gasteiger partial charge in [0, 0.05) is 26.1 Å². The van der Waals surface area contributed by atoms with E-state index >= 15 is 0 Å². The molecule has 1 aromatic rings. The van der Waals surface area contributed by atoms with Crippen LogP contribution in [-0.2, 0) is 14.8 Å². The van der Waals surface area contributed by atoms with Crippen LogP contribution in [-0.4, -0.2) is 45.1 Å². The molecule has 2 rings (SSSR count). The number of anilines is 1. The van der Waals surface area contributed by atoms with Crippen LogP contribution in [0.3, 0.4) is 0 Å². The Balaban J connectivity index is 1.99. The largest absolute Gasteiger partial charge is 0.343 e. The van der Waals surface area contributed by atoms with Crippen molar-refractivity contribution >= 4 is 21.6 Å². The predicted octanol–water partition coefficient (Wildman–Crippen LogP) is 2.10. The maximum atomic E-state index is 12.3. The van der Waals surface area contributed by atoms with Crippen LogP contribution in [0.4, 0.5) is 5.69 Å². The zero-order chi connectivity index (χ0) is 16.2. The highest BCUT2D eigenvalue weighted by Gasteiger charge is 2.23. The van der Waals surface area contributed by atoms with Gasteiger partial charge < -0.3 is 4.90 Å². The van der Waals surface area contributed by atoms with Crippen molar-refractivity contribution in [2.45, 2.75) is 26.2 Å². The number of carbonyl (C=O) groups excluding carboxylic acids is 1. The van der Waals surface area contributed by atoms with Gasteiger partial charge >= 0.3 is 0 Å². The van der Waals surface area contributed by atoms with Gasteiger partial charge in [0.2, 0.25) is 15.9 Å². The predicted molar refractivity (Wildman–Crippen MR) is 88.2 cm³/mol. The SMILES string of the molecule is CC1CCN(C(=O)CCN(c2ccccc2)S(C)(=O)=O)CC1. The van der Waals surface area contributed by atoms with E-state index in [-0.39, 0.29) is 18.9 Å². The number of piperidine rings is 1. The Kier molecular flexibility index (Phi) is 5.45. The van der Waals surface area contributed by atoms with E-state index in [9.17, 15) is 13.2 Å². The van der Waals surface area contributed by atoms with Gasteiger partial charge in [-0.05, 0) is 30.9 Å². The van der Waals surface area contributed by atoms with E-state index in [0.717, 1.165) is 25.9 Å². The number of para-hydroxylation sites is 1. The molecule has 0 atom stereocenters. The molecule has 5 nitrogen and oxygen atoms in total. The molecule has 1 fully saturated rings. The summed E-state index contributed by atoms with van der Waals surface area (Å²) in [6.45, 7) is 3.95. The number of rotatable bonds is 5. The van der Waals surface area contributed by atoms with Gasteiger partial charge in [-0.25, -0.2) is 8.42 Å². The molecule has 1 aliphatic heterocycles. The molecule has 1 aromatic carbocycles. The number of amides is 1. The summed E-state index contributed by atoms with van der Waals surface area (Å²) < 4.78 is 25.2. The molecule has 0 N–H and O–H groups in total. The Morgan fingerprint density at radius 3 is 2.36 bits per heavy atom. The van der Waals surface area contributed by atoms with Crippen LogP contribution in [0.2, 0.25) is 0 Å². The van der Waals surface area contributed by atoms with Crippen molar-refractivity contribution in [3.63, 3.8) is 0 Å². The monoisotopic (exact) mass is 324 g/mol. The second kappa shape index (κ2) is 7.13. The van der Waals surface area contributed by atoms with Crippen molar-refractivity contribution in [3.8, 4) is 0 Å². The third kappa shape index (κ3) is 4.47. The van der Waals surface area contributed by atoms with Crippen LogP contribution in [0.15, 0.2) is 30.3 Å². The first-order chi connectivity index (χ1) is 10.4. The lowest BCUT2D eigenvalue weighted by Crippen LogP contribution is -2.40.